The Morgan fingerprint density at radius 1 is 1.14 bits per heavy atom. The van der Waals surface area contributed by atoms with E-state index < -0.39 is 5.97 Å². The second-order valence-electron chi connectivity index (χ2n) is 5.38. The average Bonchev–Trinajstić information content (AvgIpc) is 2.54. The zero-order valence-electron chi connectivity index (χ0n) is 12.6. The zero-order chi connectivity index (χ0) is 15.7. The number of aryl methyl sites for hydroxylation is 2. The van der Waals surface area contributed by atoms with Gasteiger partial charge in [-0.25, -0.2) is 9.78 Å². The van der Waals surface area contributed by atoms with Crippen LogP contribution in [0.15, 0.2) is 48.5 Å². The van der Waals surface area contributed by atoms with E-state index in [-0.39, 0.29) is 0 Å². The number of fused-ring (bicyclic) bond motifs is 1. The molecule has 0 aliphatic heterocycles. The molecule has 0 spiro atoms. The third-order valence-electron chi connectivity index (χ3n) is 3.93. The van der Waals surface area contributed by atoms with Gasteiger partial charge in [-0.3, -0.25) is 0 Å². The Bertz CT molecular complexity index is 851. The van der Waals surface area contributed by atoms with E-state index >= 15 is 0 Å². The molecule has 0 aliphatic carbocycles. The van der Waals surface area contributed by atoms with Crippen molar-refractivity contribution in [2.45, 2.75) is 20.3 Å². The van der Waals surface area contributed by atoms with Gasteiger partial charge in [-0.2, -0.15) is 0 Å². The molecular formula is C19H17NO2. The summed E-state index contributed by atoms with van der Waals surface area (Å²) in [5.74, 6) is -0.926. The number of aromatic carboxylic acids is 1. The topological polar surface area (TPSA) is 50.2 Å². The molecule has 0 fully saturated rings. The Morgan fingerprint density at radius 3 is 2.50 bits per heavy atom. The van der Waals surface area contributed by atoms with E-state index in [1.54, 1.807) is 6.07 Å². The lowest BCUT2D eigenvalue weighted by molar-refractivity contribution is 0.0699. The van der Waals surface area contributed by atoms with Crippen molar-refractivity contribution >= 4 is 16.9 Å². The minimum absolute atomic E-state index is 0.295. The van der Waals surface area contributed by atoms with Crippen LogP contribution in [-0.2, 0) is 6.42 Å². The second kappa shape index (κ2) is 5.60. The molecule has 0 saturated heterocycles. The van der Waals surface area contributed by atoms with Crippen molar-refractivity contribution in [2.24, 2.45) is 0 Å². The number of nitrogens with zero attached hydrogens (tertiary/aromatic N) is 1. The molecule has 1 aromatic heterocycles. The number of hydrogen-bond acceptors (Lipinski definition) is 2. The zero-order valence-corrected chi connectivity index (χ0v) is 12.6. The number of para-hydroxylation sites is 1. The van der Waals surface area contributed by atoms with Crippen LogP contribution in [0.4, 0.5) is 0 Å². The van der Waals surface area contributed by atoms with Gasteiger partial charge in [0.05, 0.1) is 16.8 Å². The summed E-state index contributed by atoms with van der Waals surface area (Å²) < 4.78 is 0. The Morgan fingerprint density at radius 2 is 1.86 bits per heavy atom. The SMILES string of the molecule is CCc1ccc(-c2cc(C(=O)O)c3cccc(C)c3n2)cc1. The molecule has 0 bridgehead atoms. The summed E-state index contributed by atoms with van der Waals surface area (Å²) in [4.78, 5) is 16.3. The summed E-state index contributed by atoms with van der Waals surface area (Å²) in [5.41, 5.74) is 4.90. The maximum atomic E-state index is 11.6. The van der Waals surface area contributed by atoms with E-state index in [1.165, 1.54) is 5.56 Å². The average molecular weight is 291 g/mol. The standard InChI is InChI=1S/C19H17NO2/c1-3-13-7-9-14(10-8-13)17-11-16(19(21)22)15-6-4-5-12(2)18(15)20-17/h4-11H,3H2,1-2H3,(H,21,22). The summed E-state index contributed by atoms with van der Waals surface area (Å²) in [6.45, 7) is 4.06. The van der Waals surface area contributed by atoms with Crippen LogP contribution >= 0.6 is 0 Å². The lowest BCUT2D eigenvalue weighted by atomic mass is 10.0. The van der Waals surface area contributed by atoms with Gasteiger partial charge >= 0.3 is 5.97 Å². The van der Waals surface area contributed by atoms with Gasteiger partial charge in [-0.1, -0.05) is 49.4 Å². The van der Waals surface area contributed by atoms with Crippen LogP contribution in [0.3, 0.4) is 0 Å². The van der Waals surface area contributed by atoms with Gasteiger partial charge in [0, 0.05) is 10.9 Å². The molecule has 0 atom stereocenters. The molecule has 0 aliphatic rings. The summed E-state index contributed by atoms with van der Waals surface area (Å²) in [7, 11) is 0. The van der Waals surface area contributed by atoms with E-state index in [1.807, 2.05) is 37.3 Å². The maximum Gasteiger partial charge on any atom is 0.336 e. The fourth-order valence-corrected chi connectivity index (χ4v) is 2.63. The molecule has 0 unspecified atom stereocenters. The van der Waals surface area contributed by atoms with Gasteiger partial charge in [0.15, 0.2) is 0 Å². The van der Waals surface area contributed by atoms with Crippen LogP contribution < -0.4 is 0 Å². The smallest absolute Gasteiger partial charge is 0.336 e. The molecule has 3 heteroatoms. The number of rotatable bonds is 3. The number of carboxylic acids is 1. The largest absolute Gasteiger partial charge is 0.478 e. The minimum Gasteiger partial charge on any atom is -0.478 e. The van der Waals surface area contributed by atoms with Gasteiger partial charge in [0.25, 0.3) is 0 Å². The molecule has 0 amide bonds. The molecule has 3 nitrogen and oxygen atoms in total. The van der Waals surface area contributed by atoms with Crippen molar-refractivity contribution in [1.82, 2.24) is 4.98 Å². The van der Waals surface area contributed by atoms with Crippen molar-refractivity contribution in [1.29, 1.82) is 0 Å². The normalized spacial score (nSPS) is 10.8. The van der Waals surface area contributed by atoms with Crippen LogP contribution in [0, 0.1) is 6.92 Å². The first-order valence-corrected chi connectivity index (χ1v) is 7.33. The molecular weight excluding hydrogens is 274 g/mol. The number of carboxylic acid groups (broad SMARTS) is 1. The van der Waals surface area contributed by atoms with Crippen molar-refractivity contribution in [3.05, 3.63) is 65.2 Å². The second-order valence-corrected chi connectivity index (χ2v) is 5.38. The molecule has 0 radical (unpaired) electrons. The van der Waals surface area contributed by atoms with Crippen molar-refractivity contribution < 1.29 is 9.90 Å². The highest BCUT2D eigenvalue weighted by Crippen LogP contribution is 2.27. The number of carbonyl (C=O) groups is 1. The Hall–Kier alpha value is -2.68. The Labute approximate surface area is 129 Å². The third kappa shape index (κ3) is 2.46. The minimum atomic E-state index is -0.926. The fourth-order valence-electron chi connectivity index (χ4n) is 2.63. The lowest BCUT2D eigenvalue weighted by Gasteiger charge is -2.09. The molecule has 0 saturated carbocycles. The van der Waals surface area contributed by atoms with Crippen LogP contribution in [0.2, 0.25) is 0 Å². The lowest BCUT2D eigenvalue weighted by Crippen LogP contribution is -2.01. The number of pyridine rings is 1. The first-order chi connectivity index (χ1) is 10.6. The van der Waals surface area contributed by atoms with Crippen LogP contribution in [-0.4, -0.2) is 16.1 Å². The predicted molar refractivity (Wildman–Crippen MR) is 88.3 cm³/mol. The molecule has 3 aromatic rings. The molecule has 1 heterocycles. The quantitative estimate of drug-likeness (QED) is 0.774. The van der Waals surface area contributed by atoms with Crippen LogP contribution in [0.1, 0.15) is 28.4 Å². The Balaban J connectivity index is 2.25. The van der Waals surface area contributed by atoms with E-state index in [0.717, 1.165) is 23.1 Å². The molecule has 1 N–H and O–H groups in total. The van der Waals surface area contributed by atoms with E-state index in [2.05, 4.69) is 24.0 Å². The molecule has 2 aromatic carbocycles. The van der Waals surface area contributed by atoms with Crippen molar-refractivity contribution in [2.75, 3.05) is 0 Å². The first kappa shape index (κ1) is 14.3. The summed E-state index contributed by atoms with van der Waals surface area (Å²) >= 11 is 0. The third-order valence-corrected chi connectivity index (χ3v) is 3.93. The summed E-state index contributed by atoms with van der Waals surface area (Å²) in [6.07, 6.45) is 0.977. The van der Waals surface area contributed by atoms with E-state index in [0.29, 0.717) is 16.6 Å². The van der Waals surface area contributed by atoms with Crippen molar-refractivity contribution in [3.8, 4) is 11.3 Å². The number of aromatic nitrogens is 1. The highest BCUT2D eigenvalue weighted by molar-refractivity contribution is 6.04. The molecule has 22 heavy (non-hydrogen) atoms. The first-order valence-electron chi connectivity index (χ1n) is 7.33. The summed E-state index contributed by atoms with van der Waals surface area (Å²) in [5, 5.41) is 10.2. The fraction of sp³-hybridized carbons (Fsp3) is 0.158. The van der Waals surface area contributed by atoms with Gasteiger partial charge < -0.3 is 5.11 Å². The van der Waals surface area contributed by atoms with E-state index in [9.17, 15) is 9.90 Å². The number of hydrogen-bond donors (Lipinski definition) is 1. The number of benzene rings is 2. The van der Waals surface area contributed by atoms with Gasteiger partial charge in [-0.15, -0.1) is 0 Å². The highest BCUT2D eigenvalue weighted by Gasteiger charge is 2.13. The highest BCUT2D eigenvalue weighted by atomic mass is 16.4. The molecule has 3 rings (SSSR count). The van der Waals surface area contributed by atoms with Gasteiger partial charge in [0.1, 0.15) is 0 Å². The summed E-state index contributed by atoms with van der Waals surface area (Å²) in [6, 6.07) is 15.4. The molecule has 110 valence electrons. The predicted octanol–water partition coefficient (Wildman–Crippen LogP) is 4.47. The maximum absolute atomic E-state index is 11.6. The monoisotopic (exact) mass is 291 g/mol. The van der Waals surface area contributed by atoms with Crippen molar-refractivity contribution in [3.63, 3.8) is 0 Å². The van der Waals surface area contributed by atoms with Crippen LogP contribution in [0.25, 0.3) is 22.2 Å². The van der Waals surface area contributed by atoms with E-state index in [4.69, 9.17) is 0 Å². The van der Waals surface area contributed by atoms with Crippen LogP contribution in [0.5, 0.6) is 0 Å². The van der Waals surface area contributed by atoms with Gasteiger partial charge in [0.2, 0.25) is 0 Å². The van der Waals surface area contributed by atoms with Gasteiger partial charge in [-0.05, 0) is 30.5 Å². The Kier molecular flexibility index (Phi) is 3.63.